The van der Waals surface area contributed by atoms with Crippen LogP contribution in [0.3, 0.4) is 0 Å². The van der Waals surface area contributed by atoms with Crippen molar-refractivity contribution in [1.82, 2.24) is 5.01 Å². The second-order valence-corrected chi connectivity index (χ2v) is 9.92. The Hall–Kier alpha value is -2.74. The number of carbonyl (C=O) groups is 1. The summed E-state index contributed by atoms with van der Waals surface area (Å²) in [6, 6.07) is 12.6. The number of hydrogen-bond acceptors (Lipinski definition) is 4. The summed E-state index contributed by atoms with van der Waals surface area (Å²) in [5.74, 6) is -0.465. The average molecular weight is 418 g/mol. The summed E-state index contributed by atoms with van der Waals surface area (Å²) in [4.78, 5) is 13.0. The van der Waals surface area contributed by atoms with Crippen LogP contribution < -0.4 is 4.72 Å². The first kappa shape index (κ1) is 21.0. The molecule has 0 unspecified atom stereocenters. The highest BCUT2D eigenvalue weighted by molar-refractivity contribution is 7.92. The van der Waals surface area contributed by atoms with Crippen LogP contribution in [0.2, 0.25) is 0 Å². The molecule has 0 aromatic heterocycles. The maximum Gasteiger partial charge on any atom is 0.248 e. The van der Waals surface area contributed by atoms with Gasteiger partial charge < -0.3 is 0 Å². The number of hydrazone groups is 1. The number of anilines is 1. The van der Waals surface area contributed by atoms with Gasteiger partial charge in [-0.15, -0.1) is 0 Å². The summed E-state index contributed by atoms with van der Waals surface area (Å²) in [5.41, 5.74) is 2.13. The average Bonchev–Trinajstić information content (AvgIpc) is 3.05. The monoisotopic (exact) mass is 417 g/mol. The van der Waals surface area contributed by atoms with Gasteiger partial charge in [0.1, 0.15) is 5.82 Å². The van der Waals surface area contributed by atoms with E-state index in [1.54, 1.807) is 36.4 Å². The first-order valence-corrected chi connectivity index (χ1v) is 11.1. The van der Waals surface area contributed by atoms with E-state index in [9.17, 15) is 17.6 Å². The molecule has 1 atom stereocenters. The Morgan fingerprint density at radius 3 is 2.21 bits per heavy atom. The first-order valence-electron chi connectivity index (χ1n) is 9.19. The second kappa shape index (κ2) is 7.59. The van der Waals surface area contributed by atoms with Crippen molar-refractivity contribution in [1.29, 1.82) is 0 Å². The Balaban J connectivity index is 1.93. The summed E-state index contributed by atoms with van der Waals surface area (Å²) in [6.07, 6.45) is 1.57. The minimum absolute atomic E-state index is 0.128. The van der Waals surface area contributed by atoms with E-state index in [1.807, 2.05) is 20.8 Å². The fraction of sp³-hybridized carbons (Fsp3) is 0.333. The highest BCUT2D eigenvalue weighted by Gasteiger charge is 2.37. The zero-order chi connectivity index (χ0) is 21.4. The number of nitrogens with one attached hydrogen (secondary N) is 1. The molecule has 2 aromatic rings. The van der Waals surface area contributed by atoms with Crippen molar-refractivity contribution in [2.24, 2.45) is 10.5 Å². The topological polar surface area (TPSA) is 78.8 Å². The van der Waals surface area contributed by atoms with E-state index in [-0.39, 0.29) is 17.8 Å². The van der Waals surface area contributed by atoms with Crippen LogP contribution in [0.4, 0.5) is 10.1 Å². The van der Waals surface area contributed by atoms with Gasteiger partial charge in [0.25, 0.3) is 0 Å². The maximum atomic E-state index is 13.4. The lowest BCUT2D eigenvalue weighted by Gasteiger charge is -2.28. The van der Waals surface area contributed by atoms with Crippen molar-refractivity contribution >= 4 is 27.3 Å². The number of amides is 1. The number of nitrogens with zero attached hydrogens (tertiary/aromatic N) is 2. The third-order valence-electron chi connectivity index (χ3n) is 4.54. The number of sulfonamides is 1. The number of rotatable bonds is 4. The second-order valence-electron chi connectivity index (χ2n) is 8.17. The molecule has 1 amide bonds. The highest BCUT2D eigenvalue weighted by Crippen LogP contribution is 2.36. The van der Waals surface area contributed by atoms with Crippen LogP contribution in [-0.2, 0) is 14.8 Å². The van der Waals surface area contributed by atoms with Crippen LogP contribution in [0.15, 0.2) is 53.6 Å². The number of benzene rings is 2. The Labute approximate surface area is 170 Å². The molecule has 0 aliphatic carbocycles. The van der Waals surface area contributed by atoms with E-state index in [0.717, 1.165) is 17.4 Å². The van der Waals surface area contributed by atoms with Gasteiger partial charge in [-0.05, 0) is 35.4 Å². The molecule has 154 valence electrons. The standard InChI is InChI=1S/C21H24FN3O3S/c1-21(2,3)20(26)25-19(15-5-9-16(22)10-6-15)13-18(23-25)14-7-11-17(12-8-14)24-29(4,27)28/h5-12,19,24H,13H2,1-4H3/t19-/m1/s1. The molecule has 1 N–H and O–H groups in total. The fourth-order valence-electron chi connectivity index (χ4n) is 3.11. The van der Waals surface area contributed by atoms with Gasteiger partial charge >= 0.3 is 0 Å². The van der Waals surface area contributed by atoms with E-state index >= 15 is 0 Å². The molecule has 1 heterocycles. The van der Waals surface area contributed by atoms with Crippen LogP contribution in [0.1, 0.15) is 44.4 Å². The first-order chi connectivity index (χ1) is 13.4. The molecule has 0 bridgehead atoms. The van der Waals surface area contributed by atoms with Gasteiger partial charge in [0.2, 0.25) is 15.9 Å². The number of hydrogen-bond donors (Lipinski definition) is 1. The summed E-state index contributed by atoms with van der Waals surface area (Å²) >= 11 is 0. The zero-order valence-electron chi connectivity index (χ0n) is 16.8. The summed E-state index contributed by atoms with van der Waals surface area (Å²) in [7, 11) is -3.36. The predicted octanol–water partition coefficient (Wildman–Crippen LogP) is 3.92. The molecule has 1 aliphatic rings. The van der Waals surface area contributed by atoms with Crippen molar-refractivity contribution < 1.29 is 17.6 Å². The lowest BCUT2D eigenvalue weighted by Crippen LogP contribution is -2.36. The summed E-state index contributed by atoms with van der Waals surface area (Å²) in [6.45, 7) is 5.49. The molecular formula is C21H24FN3O3S. The molecule has 0 fully saturated rings. The summed E-state index contributed by atoms with van der Waals surface area (Å²) < 4.78 is 38.5. The van der Waals surface area contributed by atoms with Crippen LogP contribution in [-0.4, -0.2) is 31.3 Å². The third-order valence-corrected chi connectivity index (χ3v) is 5.14. The quantitative estimate of drug-likeness (QED) is 0.819. The number of carbonyl (C=O) groups excluding carboxylic acids is 1. The van der Waals surface area contributed by atoms with Crippen molar-refractivity contribution in [2.45, 2.75) is 33.2 Å². The fourth-order valence-corrected chi connectivity index (χ4v) is 3.67. The molecule has 0 saturated carbocycles. The molecule has 29 heavy (non-hydrogen) atoms. The Morgan fingerprint density at radius 2 is 1.69 bits per heavy atom. The van der Waals surface area contributed by atoms with Gasteiger partial charge in [0.15, 0.2) is 0 Å². The van der Waals surface area contributed by atoms with E-state index in [2.05, 4.69) is 9.82 Å². The van der Waals surface area contributed by atoms with Crippen molar-refractivity contribution in [2.75, 3.05) is 11.0 Å². The molecular weight excluding hydrogens is 393 g/mol. The Kier molecular flexibility index (Phi) is 5.49. The Morgan fingerprint density at radius 1 is 1.10 bits per heavy atom. The van der Waals surface area contributed by atoms with Gasteiger partial charge in [-0.2, -0.15) is 5.10 Å². The number of halogens is 1. The van der Waals surface area contributed by atoms with E-state index < -0.39 is 15.4 Å². The van der Waals surface area contributed by atoms with Crippen LogP contribution >= 0.6 is 0 Å². The lowest BCUT2D eigenvalue weighted by atomic mass is 9.93. The molecule has 3 rings (SSSR count). The lowest BCUT2D eigenvalue weighted by molar-refractivity contribution is -0.141. The van der Waals surface area contributed by atoms with Gasteiger partial charge in [0, 0.05) is 17.5 Å². The van der Waals surface area contributed by atoms with Crippen LogP contribution in [0.5, 0.6) is 0 Å². The Bertz CT molecular complexity index is 1040. The van der Waals surface area contributed by atoms with Crippen molar-refractivity contribution in [3.63, 3.8) is 0 Å². The normalized spacial score (nSPS) is 17.2. The molecule has 0 spiro atoms. The highest BCUT2D eigenvalue weighted by atomic mass is 32.2. The molecule has 0 saturated heterocycles. The minimum Gasteiger partial charge on any atom is -0.284 e. The zero-order valence-corrected chi connectivity index (χ0v) is 17.6. The van der Waals surface area contributed by atoms with Crippen LogP contribution in [0.25, 0.3) is 0 Å². The summed E-state index contributed by atoms with van der Waals surface area (Å²) in [5, 5.41) is 6.05. The molecule has 1 aliphatic heterocycles. The van der Waals surface area contributed by atoms with Crippen molar-refractivity contribution in [3.8, 4) is 0 Å². The molecule has 0 radical (unpaired) electrons. The minimum atomic E-state index is -3.36. The predicted molar refractivity (Wildman–Crippen MR) is 112 cm³/mol. The molecule has 6 nitrogen and oxygen atoms in total. The van der Waals surface area contributed by atoms with Crippen LogP contribution in [0, 0.1) is 11.2 Å². The molecule has 8 heteroatoms. The molecule has 2 aromatic carbocycles. The van der Waals surface area contributed by atoms with Gasteiger partial charge in [0.05, 0.1) is 18.0 Å². The smallest absolute Gasteiger partial charge is 0.248 e. The van der Waals surface area contributed by atoms with Gasteiger partial charge in [-0.25, -0.2) is 17.8 Å². The van der Waals surface area contributed by atoms with Crippen molar-refractivity contribution in [3.05, 3.63) is 65.5 Å². The van der Waals surface area contributed by atoms with E-state index in [4.69, 9.17) is 0 Å². The van der Waals surface area contributed by atoms with E-state index in [1.165, 1.54) is 17.1 Å². The van der Waals surface area contributed by atoms with Gasteiger partial charge in [-0.1, -0.05) is 45.0 Å². The van der Waals surface area contributed by atoms with Gasteiger partial charge in [-0.3, -0.25) is 9.52 Å². The van der Waals surface area contributed by atoms with E-state index in [0.29, 0.717) is 17.8 Å². The maximum absolute atomic E-state index is 13.4. The third kappa shape index (κ3) is 5.00. The SMILES string of the molecule is CC(C)(C)C(=O)N1N=C(c2ccc(NS(C)(=O)=O)cc2)C[C@@H]1c1ccc(F)cc1. The largest absolute Gasteiger partial charge is 0.284 e.